The Balaban J connectivity index is 1.48. The van der Waals surface area contributed by atoms with Crippen molar-refractivity contribution in [1.29, 1.82) is 0 Å². The van der Waals surface area contributed by atoms with E-state index in [0.717, 1.165) is 27.7 Å². The topological polar surface area (TPSA) is 34.0 Å². The van der Waals surface area contributed by atoms with Crippen molar-refractivity contribution in [2.75, 3.05) is 0 Å². The van der Waals surface area contributed by atoms with E-state index in [1.165, 1.54) is 12.1 Å². The first-order valence-electron chi connectivity index (χ1n) is 9.14. The molecular weight excluding hydrogens is 358 g/mol. The number of aryl methyl sites for hydroxylation is 1. The van der Waals surface area contributed by atoms with Crippen LogP contribution in [0.5, 0.6) is 0 Å². The summed E-state index contributed by atoms with van der Waals surface area (Å²) < 4.78 is 31.5. The van der Waals surface area contributed by atoms with Gasteiger partial charge in [0.2, 0.25) is 0 Å². The van der Waals surface area contributed by atoms with Crippen molar-refractivity contribution in [2.45, 2.75) is 19.6 Å². The number of fused-ring (bicyclic) bond motifs is 2. The van der Waals surface area contributed by atoms with Crippen molar-refractivity contribution in [3.63, 3.8) is 0 Å². The molecule has 2 aromatic carbocycles. The Morgan fingerprint density at radius 1 is 1.04 bits per heavy atom. The molecule has 0 atom stereocenters. The van der Waals surface area contributed by atoms with Gasteiger partial charge in [0.25, 0.3) is 0 Å². The highest BCUT2D eigenvalue weighted by Gasteiger charge is 2.23. The molecular formula is C22H18F2N4. The van der Waals surface area contributed by atoms with Gasteiger partial charge < -0.3 is 0 Å². The lowest BCUT2D eigenvalue weighted by molar-refractivity contribution is 0.265. The summed E-state index contributed by atoms with van der Waals surface area (Å²) in [7, 11) is 1.83. The van der Waals surface area contributed by atoms with Crippen LogP contribution in [0.1, 0.15) is 16.8 Å². The Kier molecular flexibility index (Phi) is 3.94. The molecule has 0 fully saturated rings. The maximum Gasteiger partial charge on any atom is 0.131 e. The van der Waals surface area contributed by atoms with E-state index in [-0.39, 0.29) is 12.1 Å². The molecule has 4 aromatic rings. The summed E-state index contributed by atoms with van der Waals surface area (Å²) in [6.45, 7) is 1.47. The predicted molar refractivity (Wildman–Crippen MR) is 103 cm³/mol. The zero-order valence-electron chi connectivity index (χ0n) is 15.4. The molecule has 0 aliphatic carbocycles. The molecule has 0 unspecified atom stereocenters. The number of hydrogen-bond donors (Lipinski definition) is 0. The SMILES string of the molecule is Cn1cc2c(-c3cc(F)c(CN4Cc5cccnc5C4)c(F)c3)cccc2n1. The Bertz CT molecular complexity index is 1150. The van der Waals surface area contributed by atoms with Gasteiger partial charge in [-0.2, -0.15) is 5.10 Å². The van der Waals surface area contributed by atoms with Crippen LogP contribution in [0.2, 0.25) is 0 Å². The average Bonchev–Trinajstić information content (AvgIpc) is 3.25. The highest BCUT2D eigenvalue weighted by atomic mass is 19.1. The Morgan fingerprint density at radius 2 is 1.86 bits per heavy atom. The molecule has 0 bridgehead atoms. The van der Waals surface area contributed by atoms with Gasteiger partial charge in [0, 0.05) is 50.0 Å². The second-order valence-corrected chi connectivity index (χ2v) is 7.21. The van der Waals surface area contributed by atoms with Crippen LogP contribution in [0.4, 0.5) is 8.78 Å². The van der Waals surface area contributed by atoms with Crippen LogP contribution in [-0.2, 0) is 26.7 Å². The normalized spacial score (nSPS) is 14.0. The summed E-state index contributed by atoms with van der Waals surface area (Å²) in [5.41, 5.74) is 4.27. The summed E-state index contributed by atoms with van der Waals surface area (Å²) in [4.78, 5) is 6.34. The molecule has 0 amide bonds. The number of benzene rings is 2. The van der Waals surface area contributed by atoms with E-state index >= 15 is 0 Å². The third kappa shape index (κ3) is 2.86. The summed E-state index contributed by atoms with van der Waals surface area (Å²) in [6.07, 6.45) is 3.61. The van der Waals surface area contributed by atoms with E-state index in [0.29, 0.717) is 18.7 Å². The van der Waals surface area contributed by atoms with Crippen molar-refractivity contribution < 1.29 is 8.78 Å². The summed E-state index contributed by atoms with van der Waals surface area (Å²) in [5, 5.41) is 5.24. The zero-order chi connectivity index (χ0) is 19.3. The van der Waals surface area contributed by atoms with E-state index in [1.54, 1.807) is 10.9 Å². The fourth-order valence-electron chi connectivity index (χ4n) is 3.92. The van der Waals surface area contributed by atoms with Gasteiger partial charge in [-0.3, -0.25) is 14.6 Å². The fourth-order valence-corrected chi connectivity index (χ4v) is 3.92. The lowest BCUT2D eigenvalue weighted by atomic mass is 9.99. The standard InChI is InChI=1S/C22H18F2N4/c1-27-11-17-16(5-2-6-21(17)26-27)15-8-19(23)18(20(24)9-15)12-28-10-14-4-3-7-25-22(14)13-28/h2-9,11H,10,12-13H2,1H3. The van der Waals surface area contributed by atoms with Crippen molar-refractivity contribution in [1.82, 2.24) is 19.7 Å². The molecule has 0 spiro atoms. The van der Waals surface area contributed by atoms with E-state index in [9.17, 15) is 8.78 Å². The Morgan fingerprint density at radius 3 is 2.64 bits per heavy atom. The zero-order valence-corrected chi connectivity index (χ0v) is 15.4. The number of nitrogens with zero attached hydrogens (tertiary/aromatic N) is 4. The molecule has 5 rings (SSSR count). The molecule has 28 heavy (non-hydrogen) atoms. The Hall–Kier alpha value is -3.12. The fraction of sp³-hybridized carbons (Fsp3) is 0.182. The highest BCUT2D eigenvalue weighted by molar-refractivity contribution is 5.94. The summed E-state index contributed by atoms with van der Waals surface area (Å²) >= 11 is 0. The third-order valence-corrected chi connectivity index (χ3v) is 5.25. The maximum absolute atomic E-state index is 14.9. The Labute approximate surface area is 161 Å². The van der Waals surface area contributed by atoms with Crippen molar-refractivity contribution in [2.24, 2.45) is 7.05 Å². The second-order valence-electron chi connectivity index (χ2n) is 7.21. The number of aromatic nitrogens is 3. The lowest BCUT2D eigenvalue weighted by Gasteiger charge is -2.16. The van der Waals surface area contributed by atoms with Gasteiger partial charge in [-0.05, 0) is 41.0 Å². The molecule has 6 heteroatoms. The lowest BCUT2D eigenvalue weighted by Crippen LogP contribution is -2.18. The van der Waals surface area contributed by atoms with Gasteiger partial charge in [-0.1, -0.05) is 18.2 Å². The summed E-state index contributed by atoms with van der Waals surface area (Å²) in [6, 6.07) is 12.3. The largest absolute Gasteiger partial charge is 0.289 e. The average molecular weight is 376 g/mol. The minimum Gasteiger partial charge on any atom is -0.289 e. The molecule has 0 radical (unpaired) electrons. The molecule has 0 N–H and O–H groups in total. The smallest absolute Gasteiger partial charge is 0.131 e. The first-order valence-corrected chi connectivity index (χ1v) is 9.14. The first-order chi connectivity index (χ1) is 13.6. The van der Waals surface area contributed by atoms with Gasteiger partial charge in [0.15, 0.2) is 0 Å². The van der Waals surface area contributed by atoms with E-state index in [2.05, 4.69) is 10.1 Å². The number of rotatable bonds is 3. The molecule has 140 valence electrons. The number of halogens is 2. The van der Waals surface area contributed by atoms with Crippen LogP contribution in [0, 0.1) is 11.6 Å². The minimum atomic E-state index is -0.528. The van der Waals surface area contributed by atoms with Gasteiger partial charge in [0.1, 0.15) is 11.6 Å². The highest BCUT2D eigenvalue weighted by Crippen LogP contribution is 2.31. The molecule has 3 heterocycles. The van der Waals surface area contributed by atoms with Crippen LogP contribution in [0.3, 0.4) is 0 Å². The quantitative estimate of drug-likeness (QED) is 0.530. The van der Waals surface area contributed by atoms with Gasteiger partial charge in [-0.25, -0.2) is 8.78 Å². The summed E-state index contributed by atoms with van der Waals surface area (Å²) in [5.74, 6) is -1.06. The van der Waals surface area contributed by atoms with Crippen molar-refractivity contribution >= 4 is 10.9 Å². The van der Waals surface area contributed by atoms with Crippen LogP contribution in [-0.4, -0.2) is 19.7 Å². The molecule has 0 saturated carbocycles. The van der Waals surface area contributed by atoms with E-state index in [1.807, 2.05) is 48.5 Å². The predicted octanol–water partition coefficient (Wildman–Crippen LogP) is 4.43. The van der Waals surface area contributed by atoms with Gasteiger partial charge in [0.05, 0.1) is 11.2 Å². The van der Waals surface area contributed by atoms with E-state index in [4.69, 9.17) is 0 Å². The van der Waals surface area contributed by atoms with Crippen LogP contribution >= 0.6 is 0 Å². The van der Waals surface area contributed by atoms with E-state index < -0.39 is 11.6 Å². The number of hydrogen-bond acceptors (Lipinski definition) is 3. The third-order valence-electron chi connectivity index (χ3n) is 5.25. The van der Waals surface area contributed by atoms with Gasteiger partial charge in [-0.15, -0.1) is 0 Å². The van der Waals surface area contributed by atoms with Crippen molar-refractivity contribution in [3.8, 4) is 11.1 Å². The monoisotopic (exact) mass is 376 g/mol. The second kappa shape index (κ2) is 6.49. The van der Waals surface area contributed by atoms with Crippen LogP contribution in [0.25, 0.3) is 22.0 Å². The molecule has 2 aromatic heterocycles. The van der Waals surface area contributed by atoms with Crippen LogP contribution < -0.4 is 0 Å². The molecule has 1 aliphatic heterocycles. The molecule has 4 nitrogen and oxygen atoms in total. The van der Waals surface area contributed by atoms with Crippen molar-refractivity contribution in [3.05, 3.63) is 83.3 Å². The first kappa shape index (κ1) is 17.0. The molecule has 1 aliphatic rings. The van der Waals surface area contributed by atoms with Gasteiger partial charge >= 0.3 is 0 Å². The minimum absolute atomic E-state index is 0.0925. The maximum atomic E-state index is 14.9. The van der Waals surface area contributed by atoms with Crippen LogP contribution in [0.15, 0.2) is 54.9 Å². The molecule has 0 saturated heterocycles. The number of pyridine rings is 1.